The number of amides is 1. The maximum absolute atomic E-state index is 12.4. The number of nitrogens with one attached hydrogen (secondary N) is 1. The second-order valence-electron chi connectivity index (χ2n) is 5.45. The first-order chi connectivity index (χ1) is 9.54. The highest BCUT2D eigenvalue weighted by Crippen LogP contribution is 2.35. The molecule has 0 spiro atoms. The number of rotatable bonds is 5. The van der Waals surface area contributed by atoms with Crippen LogP contribution in [0, 0.1) is 5.92 Å². The maximum atomic E-state index is 12.4. The van der Waals surface area contributed by atoms with Crippen molar-refractivity contribution in [3.05, 3.63) is 21.9 Å². The minimum Gasteiger partial charge on any atom is -0.480 e. The zero-order valence-corrected chi connectivity index (χ0v) is 12.7. The Balaban J connectivity index is 2.11. The van der Waals surface area contributed by atoms with Crippen molar-refractivity contribution in [1.29, 1.82) is 0 Å². The molecule has 0 radical (unpaired) electrons. The van der Waals surface area contributed by atoms with Gasteiger partial charge in [-0.1, -0.05) is 20.3 Å². The van der Waals surface area contributed by atoms with Crippen LogP contribution in [0.25, 0.3) is 0 Å². The summed E-state index contributed by atoms with van der Waals surface area (Å²) in [5, 5.41) is 14.0. The van der Waals surface area contributed by atoms with E-state index in [4.69, 9.17) is 0 Å². The van der Waals surface area contributed by atoms with Gasteiger partial charge in [-0.2, -0.15) is 0 Å². The van der Waals surface area contributed by atoms with E-state index in [1.807, 2.05) is 25.3 Å². The van der Waals surface area contributed by atoms with Crippen molar-refractivity contribution in [1.82, 2.24) is 5.32 Å². The van der Waals surface area contributed by atoms with Crippen molar-refractivity contribution in [2.75, 3.05) is 0 Å². The van der Waals surface area contributed by atoms with E-state index in [9.17, 15) is 14.7 Å². The van der Waals surface area contributed by atoms with Crippen molar-refractivity contribution in [3.8, 4) is 0 Å². The van der Waals surface area contributed by atoms with E-state index in [2.05, 4.69) is 5.32 Å². The highest BCUT2D eigenvalue weighted by atomic mass is 32.1. The van der Waals surface area contributed by atoms with Crippen LogP contribution in [0.15, 0.2) is 11.4 Å². The molecule has 2 rings (SSSR count). The number of carboxylic acids is 1. The van der Waals surface area contributed by atoms with Crippen LogP contribution < -0.4 is 5.32 Å². The zero-order valence-electron chi connectivity index (χ0n) is 11.9. The summed E-state index contributed by atoms with van der Waals surface area (Å²) in [6, 6.07) is 1.21. The molecular formula is C15H21NO3S. The predicted molar refractivity (Wildman–Crippen MR) is 79.0 cm³/mol. The second-order valence-corrected chi connectivity index (χ2v) is 6.45. The lowest BCUT2D eigenvalue weighted by atomic mass is 9.86. The largest absolute Gasteiger partial charge is 0.480 e. The lowest BCUT2D eigenvalue weighted by Gasteiger charge is -2.26. The van der Waals surface area contributed by atoms with Crippen LogP contribution in [-0.2, 0) is 16.0 Å². The third-order valence-electron chi connectivity index (χ3n) is 4.15. The molecule has 0 saturated heterocycles. The number of thiophene rings is 1. The van der Waals surface area contributed by atoms with Crippen molar-refractivity contribution >= 4 is 23.2 Å². The summed E-state index contributed by atoms with van der Waals surface area (Å²) in [6.07, 6.45) is 3.56. The molecule has 0 fully saturated rings. The van der Waals surface area contributed by atoms with Gasteiger partial charge in [-0.25, -0.2) is 4.79 Å². The van der Waals surface area contributed by atoms with Gasteiger partial charge < -0.3 is 10.4 Å². The van der Waals surface area contributed by atoms with Crippen molar-refractivity contribution in [3.63, 3.8) is 0 Å². The Bertz CT molecular complexity index is 497. The lowest BCUT2D eigenvalue weighted by molar-refractivity contribution is -0.143. The highest BCUT2D eigenvalue weighted by molar-refractivity contribution is 7.10. The fraction of sp³-hybridized carbons (Fsp3) is 0.600. The fourth-order valence-corrected chi connectivity index (χ4v) is 3.68. The number of hydrogen-bond acceptors (Lipinski definition) is 3. The van der Waals surface area contributed by atoms with Crippen LogP contribution in [0.3, 0.4) is 0 Å². The average molecular weight is 295 g/mol. The smallest absolute Gasteiger partial charge is 0.326 e. The molecular weight excluding hydrogens is 274 g/mol. The molecule has 5 heteroatoms. The fourth-order valence-electron chi connectivity index (χ4n) is 2.70. The van der Waals surface area contributed by atoms with E-state index >= 15 is 0 Å². The molecule has 1 heterocycles. The third-order valence-corrected chi connectivity index (χ3v) is 5.14. The molecule has 20 heavy (non-hydrogen) atoms. The number of carbonyl (C=O) groups is 2. The normalized spacial score (nSPS) is 20.8. The lowest BCUT2D eigenvalue weighted by Crippen LogP contribution is -2.47. The second kappa shape index (κ2) is 6.39. The molecule has 3 atom stereocenters. The van der Waals surface area contributed by atoms with E-state index in [0.29, 0.717) is 0 Å². The van der Waals surface area contributed by atoms with Crippen molar-refractivity contribution in [2.45, 2.75) is 51.5 Å². The van der Waals surface area contributed by atoms with Crippen LogP contribution in [-0.4, -0.2) is 23.0 Å². The summed E-state index contributed by atoms with van der Waals surface area (Å²) >= 11 is 1.69. The average Bonchev–Trinajstić information content (AvgIpc) is 2.91. The summed E-state index contributed by atoms with van der Waals surface area (Å²) in [7, 11) is 0. The molecule has 1 aromatic heterocycles. The summed E-state index contributed by atoms with van der Waals surface area (Å²) in [5.41, 5.74) is 1.09. The summed E-state index contributed by atoms with van der Waals surface area (Å²) in [5.74, 6) is -1.34. The quantitative estimate of drug-likeness (QED) is 0.878. The number of aliphatic carboxylic acids is 1. The van der Waals surface area contributed by atoms with Crippen LogP contribution in [0.5, 0.6) is 0 Å². The standard InChI is InChI=1S/C15H21NO3S/c1-3-9(2)13(15(18)19)16-14(17)11-5-4-6-12-10(11)7-8-20-12/h7-9,11,13H,3-6H2,1-2H3,(H,16,17)(H,18,19)/t9-,11?,13-/m0/s1. The predicted octanol–water partition coefficient (Wildman–Crippen LogP) is 2.78. The Morgan fingerprint density at radius 1 is 1.55 bits per heavy atom. The third kappa shape index (κ3) is 3.03. The molecule has 0 bridgehead atoms. The van der Waals surface area contributed by atoms with Crippen LogP contribution in [0.4, 0.5) is 0 Å². The summed E-state index contributed by atoms with van der Waals surface area (Å²) < 4.78 is 0. The molecule has 0 aromatic carbocycles. The molecule has 1 aromatic rings. The SMILES string of the molecule is CC[C@H](C)[C@H](NC(=O)C1CCCc2sccc21)C(=O)O. The minimum atomic E-state index is -0.950. The molecule has 1 aliphatic rings. The van der Waals surface area contributed by atoms with E-state index in [-0.39, 0.29) is 17.7 Å². The van der Waals surface area contributed by atoms with Gasteiger partial charge in [0, 0.05) is 4.88 Å². The molecule has 1 unspecified atom stereocenters. The van der Waals surface area contributed by atoms with Crippen molar-refractivity contribution < 1.29 is 14.7 Å². The Kier molecular flexibility index (Phi) is 4.81. The number of carbonyl (C=O) groups excluding carboxylic acids is 1. The first kappa shape index (κ1) is 15.0. The first-order valence-corrected chi connectivity index (χ1v) is 8.02. The Morgan fingerprint density at radius 2 is 2.30 bits per heavy atom. The molecule has 2 N–H and O–H groups in total. The van der Waals surface area contributed by atoms with Crippen LogP contribution in [0.1, 0.15) is 49.5 Å². The first-order valence-electron chi connectivity index (χ1n) is 7.14. The molecule has 0 saturated carbocycles. The van der Waals surface area contributed by atoms with Gasteiger partial charge in [0.15, 0.2) is 0 Å². The molecule has 0 aliphatic heterocycles. The zero-order chi connectivity index (χ0) is 14.7. The van der Waals surface area contributed by atoms with Gasteiger partial charge in [0.25, 0.3) is 0 Å². The molecule has 1 amide bonds. The van der Waals surface area contributed by atoms with Crippen LogP contribution in [0.2, 0.25) is 0 Å². The number of aryl methyl sites for hydroxylation is 1. The van der Waals surface area contributed by atoms with E-state index < -0.39 is 12.0 Å². The maximum Gasteiger partial charge on any atom is 0.326 e. The monoisotopic (exact) mass is 295 g/mol. The van der Waals surface area contributed by atoms with E-state index in [0.717, 1.165) is 31.2 Å². The van der Waals surface area contributed by atoms with Gasteiger partial charge >= 0.3 is 5.97 Å². The highest BCUT2D eigenvalue weighted by Gasteiger charge is 2.32. The van der Waals surface area contributed by atoms with Gasteiger partial charge in [-0.15, -0.1) is 11.3 Å². The number of fused-ring (bicyclic) bond motifs is 1. The Morgan fingerprint density at radius 3 is 2.95 bits per heavy atom. The molecule has 4 nitrogen and oxygen atoms in total. The topological polar surface area (TPSA) is 66.4 Å². The molecule has 1 aliphatic carbocycles. The summed E-state index contributed by atoms with van der Waals surface area (Å²) in [4.78, 5) is 25.0. The minimum absolute atomic E-state index is 0.0676. The van der Waals surface area contributed by atoms with Gasteiger partial charge in [-0.05, 0) is 42.2 Å². The Hall–Kier alpha value is -1.36. The van der Waals surface area contributed by atoms with E-state index in [1.165, 1.54) is 4.88 Å². The van der Waals surface area contributed by atoms with Gasteiger partial charge in [0.1, 0.15) is 6.04 Å². The number of hydrogen-bond donors (Lipinski definition) is 2. The number of carboxylic acid groups (broad SMARTS) is 1. The van der Waals surface area contributed by atoms with E-state index in [1.54, 1.807) is 11.3 Å². The Labute approximate surface area is 123 Å². The van der Waals surface area contributed by atoms with Crippen molar-refractivity contribution in [2.24, 2.45) is 5.92 Å². The molecule has 110 valence electrons. The van der Waals surface area contributed by atoms with Gasteiger partial charge in [-0.3, -0.25) is 4.79 Å². The summed E-state index contributed by atoms with van der Waals surface area (Å²) in [6.45, 7) is 3.79. The van der Waals surface area contributed by atoms with Gasteiger partial charge in [0.05, 0.1) is 5.92 Å². The van der Waals surface area contributed by atoms with Crippen LogP contribution >= 0.6 is 11.3 Å². The van der Waals surface area contributed by atoms with Gasteiger partial charge in [0.2, 0.25) is 5.91 Å².